The Labute approximate surface area is 101 Å². The predicted molar refractivity (Wildman–Crippen MR) is 65.3 cm³/mol. The Morgan fingerprint density at radius 1 is 1.53 bits per heavy atom. The number of rotatable bonds is 5. The van der Waals surface area contributed by atoms with Gasteiger partial charge in [0, 0.05) is 0 Å². The Morgan fingerprint density at radius 2 is 2.24 bits per heavy atom. The summed E-state index contributed by atoms with van der Waals surface area (Å²) in [6, 6.07) is 7.94. The lowest BCUT2D eigenvalue weighted by Crippen LogP contribution is -2.12. The molecule has 0 bridgehead atoms. The highest BCUT2D eigenvalue weighted by atomic mass is 16.5. The molecule has 3 heteroatoms. The van der Waals surface area contributed by atoms with E-state index in [4.69, 9.17) is 9.84 Å². The third-order valence-electron chi connectivity index (χ3n) is 3.49. The first-order chi connectivity index (χ1) is 8.15. The Balaban J connectivity index is 2.12. The van der Waals surface area contributed by atoms with Crippen LogP contribution in [0.1, 0.15) is 31.7 Å². The van der Waals surface area contributed by atoms with Crippen LogP contribution in [0.4, 0.5) is 0 Å². The molecule has 92 valence electrons. The molecule has 3 atom stereocenters. The van der Waals surface area contributed by atoms with Gasteiger partial charge in [0.15, 0.2) is 0 Å². The average Bonchev–Trinajstić information content (AvgIpc) is 3.09. The summed E-state index contributed by atoms with van der Waals surface area (Å²) in [6.45, 7) is 4.39. The smallest absolute Gasteiger partial charge is 0.306 e. The summed E-state index contributed by atoms with van der Waals surface area (Å²) in [4.78, 5) is 10.9. The summed E-state index contributed by atoms with van der Waals surface area (Å²) in [7, 11) is 0. The number of hydrogen-bond acceptors (Lipinski definition) is 2. The maximum absolute atomic E-state index is 10.9. The number of ether oxygens (including phenoxy) is 1. The van der Waals surface area contributed by atoms with Crippen molar-refractivity contribution in [3.63, 3.8) is 0 Å². The van der Waals surface area contributed by atoms with E-state index in [0.29, 0.717) is 12.5 Å². The quantitative estimate of drug-likeness (QED) is 0.852. The molecule has 2 rings (SSSR count). The van der Waals surface area contributed by atoms with E-state index in [0.717, 1.165) is 17.7 Å². The van der Waals surface area contributed by atoms with Gasteiger partial charge in [-0.3, -0.25) is 4.79 Å². The number of para-hydroxylation sites is 1. The number of hydrogen-bond donors (Lipinski definition) is 1. The van der Waals surface area contributed by atoms with E-state index in [1.807, 2.05) is 31.2 Å². The summed E-state index contributed by atoms with van der Waals surface area (Å²) in [5.41, 5.74) is 1.16. The zero-order chi connectivity index (χ0) is 12.4. The fourth-order valence-electron chi connectivity index (χ4n) is 2.38. The highest BCUT2D eigenvalue weighted by molar-refractivity contribution is 5.70. The molecule has 3 nitrogen and oxygen atoms in total. The molecule has 1 aliphatic rings. The SMILES string of the molecule is CCOc1ccccc1C1CC1C(C)C(=O)O. The molecule has 1 aliphatic carbocycles. The molecule has 0 amide bonds. The van der Waals surface area contributed by atoms with Gasteiger partial charge in [-0.15, -0.1) is 0 Å². The summed E-state index contributed by atoms with van der Waals surface area (Å²) < 4.78 is 5.58. The summed E-state index contributed by atoms with van der Waals surface area (Å²) in [5.74, 6) is 0.541. The molecule has 1 fully saturated rings. The molecule has 0 spiro atoms. The highest BCUT2D eigenvalue weighted by Crippen LogP contribution is 2.54. The van der Waals surface area contributed by atoms with E-state index in [1.54, 1.807) is 6.92 Å². The zero-order valence-electron chi connectivity index (χ0n) is 10.2. The van der Waals surface area contributed by atoms with Gasteiger partial charge in [0.25, 0.3) is 0 Å². The Morgan fingerprint density at radius 3 is 2.88 bits per heavy atom. The van der Waals surface area contributed by atoms with Crippen LogP contribution in [0.3, 0.4) is 0 Å². The average molecular weight is 234 g/mol. The molecular weight excluding hydrogens is 216 g/mol. The highest BCUT2D eigenvalue weighted by Gasteiger charge is 2.45. The van der Waals surface area contributed by atoms with Gasteiger partial charge in [0.05, 0.1) is 12.5 Å². The Kier molecular flexibility index (Phi) is 3.36. The monoisotopic (exact) mass is 234 g/mol. The summed E-state index contributed by atoms with van der Waals surface area (Å²) in [6.07, 6.45) is 0.956. The fourth-order valence-corrected chi connectivity index (χ4v) is 2.38. The van der Waals surface area contributed by atoms with E-state index >= 15 is 0 Å². The van der Waals surface area contributed by atoms with Gasteiger partial charge in [-0.05, 0) is 36.8 Å². The largest absolute Gasteiger partial charge is 0.494 e. The van der Waals surface area contributed by atoms with Gasteiger partial charge in [0.1, 0.15) is 5.75 Å². The van der Waals surface area contributed by atoms with Crippen molar-refractivity contribution in [2.45, 2.75) is 26.2 Å². The van der Waals surface area contributed by atoms with E-state index in [9.17, 15) is 4.79 Å². The maximum atomic E-state index is 10.9. The minimum absolute atomic E-state index is 0.258. The number of aliphatic carboxylic acids is 1. The van der Waals surface area contributed by atoms with E-state index in [2.05, 4.69) is 0 Å². The minimum Gasteiger partial charge on any atom is -0.494 e. The van der Waals surface area contributed by atoms with E-state index < -0.39 is 5.97 Å². The third kappa shape index (κ3) is 2.43. The first kappa shape index (κ1) is 12.0. The van der Waals surface area contributed by atoms with Crippen LogP contribution >= 0.6 is 0 Å². The van der Waals surface area contributed by atoms with Crippen molar-refractivity contribution in [3.8, 4) is 5.75 Å². The van der Waals surface area contributed by atoms with E-state index in [1.165, 1.54) is 0 Å². The first-order valence-electron chi connectivity index (χ1n) is 6.09. The molecule has 1 aromatic carbocycles. The summed E-state index contributed by atoms with van der Waals surface area (Å²) in [5, 5.41) is 9.00. The second-order valence-corrected chi connectivity index (χ2v) is 4.60. The number of benzene rings is 1. The molecule has 17 heavy (non-hydrogen) atoms. The van der Waals surface area contributed by atoms with Crippen molar-refractivity contribution in [2.75, 3.05) is 6.61 Å². The van der Waals surface area contributed by atoms with Crippen molar-refractivity contribution in [1.29, 1.82) is 0 Å². The number of carbonyl (C=O) groups is 1. The molecule has 0 heterocycles. The zero-order valence-corrected chi connectivity index (χ0v) is 10.2. The van der Waals surface area contributed by atoms with Gasteiger partial charge in [0.2, 0.25) is 0 Å². The van der Waals surface area contributed by atoms with Gasteiger partial charge in [-0.2, -0.15) is 0 Å². The summed E-state index contributed by atoms with van der Waals surface area (Å²) >= 11 is 0. The van der Waals surface area contributed by atoms with Crippen molar-refractivity contribution < 1.29 is 14.6 Å². The molecule has 0 aliphatic heterocycles. The number of carboxylic acid groups (broad SMARTS) is 1. The molecule has 0 aromatic heterocycles. The van der Waals surface area contributed by atoms with Crippen LogP contribution in [0.25, 0.3) is 0 Å². The fraction of sp³-hybridized carbons (Fsp3) is 0.500. The molecule has 1 saturated carbocycles. The molecule has 0 radical (unpaired) electrons. The molecular formula is C14H18O3. The Bertz CT molecular complexity index is 414. The minimum atomic E-state index is -0.702. The molecule has 0 saturated heterocycles. The van der Waals surface area contributed by atoms with Crippen LogP contribution in [-0.2, 0) is 4.79 Å². The van der Waals surface area contributed by atoms with E-state index in [-0.39, 0.29) is 11.8 Å². The van der Waals surface area contributed by atoms with Crippen LogP contribution in [0.2, 0.25) is 0 Å². The lowest BCUT2D eigenvalue weighted by molar-refractivity contribution is -0.141. The van der Waals surface area contributed by atoms with Crippen molar-refractivity contribution in [1.82, 2.24) is 0 Å². The predicted octanol–water partition coefficient (Wildman–Crippen LogP) is 2.91. The normalized spacial score (nSPS) is 24.1. The van der Waals surface area contributed by atoms with Gasteiger partial charge < -0.3 is 9.84 Å². The third-order valence-corrected chi connectivity index (χ3v) is 3.49. The second kappa shape index (κ2) is 4.78. The topological polar surface area (TPSA) is 46.5 Å². The van der Waals surface area contributed by atoms with Crippen molar-refractivity contribution in [3.05, 3.63) is 29.8 Å². The van der Waals surface area contributed by atoms with Crippen LogP contribution in [0, 0.1) is 11.8 Å². The van der Waals surface area contributed by atoms with Crippen molar-refractivity contribution in [2.24, 2.45) is 11.8 Å². The van der Waals surface area contributed by atoms with Crippen LogP contribution < -0.4 is 4.74 Å². The van der Waals surface area contributed by atoms with Gasteiger partial charge in [-0.25, -0.2) is 0 Å². The molecule has 3 unspecified atom stereocenters. The first-order valence-corrected chi connectivity index (χ1v) is 6.09. The van der Waals surface area contributed by atoms with Gasteiger partial charge in [-0.1, -0.05) is 25.1 Å². The maximum Gasteiger partial charge on any atom is 0.306 e. The van der Waals surface area contributed by atoms with Crippen LogP contribution in [0.15, 0.2) is 24.3 Å². The van der Waals surface area contributed by atoms with Crippen molar-refractivity contribution >= 4 is 5.97 Å². The molecule has 1 N–H and O–H groups in total. The lowest BCUT2D eigenvalue weighted by Gasteiger charge is -2.10. The van der Waals surface area contributed by atoms with Crippen LogP contribution in [-0.4, -0.2) is 17.7 Å². The molecule has 1 aromatic rings. The lowest BCUT2D eigenvalue weighted by atomic mass is 10.0. The second-order valence-electron chi connectivity index (χ2n) is 4.60. The van der Waals surface area contributed by atoms with Crippen LogP contribution in [0.5, 0.6) is 5.75 Å². The standard InChI is InChI=1S/C14H18O3/c1-3-17-13-7-5-4-6-10(13)12-8-11(12)9(2)14(15)16/h4-7,9,11-12H,3,8H2,1-2H3,(H,15,16). The van der Waals surface area contributed by atoms with Gasteiger partial charge >= 0.3 is 5.97 Å². The Hall–Kier alpha value is -1.51. The number of carboxylic acids is 1.